The second-order valence-corrected chi connectivity index (χ2v) is 4.91. The average Bonchev–Trinajstić information content (AvgIpc) is 2.97. The van der Waals surface area contributed by atoms with Crippen molar-refractivity contribution in [2.45, 2.75) is 6.04 Å². The highest BCUT2D eigenvalue weighted by Gasteiger charge is 2.27. The Bertz CT molecular complexity index is 478. The van der Waals surface area contributed by atoms with E-state index in [1.54, 1.807) is 7.11 Å². The van der Waals surface area contributed by atoms with Gasteiger partial charge in [0.15, 0.2) is 11.5 Å². The molecule has 6 heteroatoms. The molecule has 20 heavy (non-hydrogen) atoms. The maximum Gasteiger partial charge on any atom is 0.231 e. The molecule has 2 aliphatic heterocycles. The van der Waals surface area contributed by atoms with Crippen LogP contribution in [0.4, 0.5) is 4.39 Å². The van der Waals surface area contributed by atoms with Crippen LogP contribution in [0.1, 0.15) is 11.6 Å². The zero-order chi connectivity index (χ0) is 13.9. The molecule has 0 unspecified atom stereocenters. The third-order valence-corrected chi connectivity index (χ3v) is 3.80. The molecule has 0 bridgehead atoms. The van der Waals surface area contributed by atoms with Gasteiger partial charge in [0.1, 0.15) is 6.67 Å². The number of alkyl halides is 1. The molecule has 0 amide bonds. The molecule has 5 nitrogen and oxygen atoms in total. The monoisotopic (exact) mass is 282 g/mol. The molecule has 1 saturated heterocycles. The lowest BCUT2D eigenvalue weighted by Crippen LogP contribution is -2.45. The van der Waals surface area contributed by atoms with Crippen molar-refractivity contribution >= 4 is 0 Å². The van der Waals surface area contributed by atoms with Crippen molar-refractivity contribution in [2.24, 2.45) is 0 Å². The van der Waals surface area contributed by atoms with Crippen molar-refractivity contribution in [3.8, 4) is 17.2 Å². The molecule has 0 radical (unpaired) electrons. The van der Waals surface area contributed by atoms with Crippen molar-refractivity contribution in [1.29, 1.82) is 0 Å². The van der Waals surface area contributed by atoms with Crippen molar-refractivity contribution in [3.63, 3.8) is 0 Å². The first-order valence-electron chi connectivity index (χ1n) is 6.81. The van der Waals surface area contributed by atoms with Crippen molar-refractivity contribution in [2.75, 3.05) is 46.8 Å². The first-order chi connectivity index (χ1) is 9.83. The second kappa shape index (κ2) is 5.85. The quantitative estimate of drug-likeness (QED) is 0.903. The van der Waals surface area contributed by atoms with Crippen LogP contribution in [-0.2, 0) is 0 Å². The van der Waals surface area contributed by atoms with Gasteiger partial charge in [-0.15, -0.1) is 0 Å². The summed E-state index contributed by atoms with van der Waals surface area (Å²) >= 11 is 0. The molecule has 3 rings (SSSR count). The number of hydrogen-bond acceptors (Lipinski definition) is 5. The van der Waals surface area contributed by atoms with Crippen LogP contribution in [0.25, 0.3) is 0 Å². The Morgan fingerprint density at radius 2 is 2.15 bits per heavy atom. The van der Waals surface area contributed by atoms with Crippen molar-refractivity contribution in [1.82, 2.24) is 10.2 Å². The molecule has 1 fully saturated rings. The molecule has 2 aliphatic rings. The van der Waals surface area contributed by atoms with Crippen molar-refractivity contribution in [3.05, 3.63) is 17.7 Å². The van der Waals surface area contributed by atoms with E-state index in [1.807, 2.05) is 12.1 Å². The smallest absolute Gasteiger partial charge is 0.231 e. The molecule has 2 heterocycles. The molecule has 0 aliphatic carbocycles. The summed E-state index contributed by atoms with van der Waals surface area (Å²) in [5, 5.41) is 3.28. The minimum atomic E-state index is -0.428. The number of methoxy groups -OCH3 is 1. The second-order valence-electron chi connectivity index (χ2n) is 4.91. The van der Waals surface area contributed by atoms with Crippen LogP contribution in [-0.4, -0.2) is 51.7 Å². The van der Waals surface area contributed by atoms with Gasteiger partial charge < -0.3 is 19.5 Å². The van der Waals surface area contributed by atoms with E-state index in [4.69, 9.17) is 14.2 Å². The summed E-state index contributed by atoms with van der Waals surface area (Å²) < 4.78 is 29.6. The van der Waals surface area contributed by atoms with Gasteiger partial charge in [0.2, 0.25) is 12.5 Å². The lowest BCUT2D eigenvalue weighted by Gasteiger charge is -2.33. The number of halogens is 1. The van der Waals surface area contributed by atoms with Crippen LogP contribution in [0.2, 0.25) is 0 Å². The molecule has 1 N–H and O–H groups in total. The molecular weight excluding hydrogens is 263 g/mol. The Kier molecular flexibility index (Phi) is 3.93. The number of benzene rings is 1. The van der Waals surface area contributed by atoms with Gasteiger partial charge in [0, 0.05) is 26.2 Å². The number of rotatable bonds is 4. The number of piperazine rings is 1. The maximum atomic E-state index is 13.5. The summed E-state index contributed by atoms with van der Waals surface area (Å²) in [5.74, 6) is 1.84. The molecule has 1 aromatic carbocycles. The highest BCUT2D eigenvalue weighted by molar-refractivity contribution is 5.55. The summed E-state index contributed by atoms with van der Waals surface area (Å²) in [7, 11) is 1.58. The van der Waals surface area contributed by atoms with E-state index in [9.17, 15) is 4.39 Å². The largest absolute Gasteiger partial charge is 0.493 e. The molecule has 1 aromatic rings. The van der Waals surface area contributed by atoms with Gasteiger partial charge in [-0.05, 0) is 17.7 Å². The number of fused-ring (bicyclic) bond motifs is 1. The third-order valence-electron chi connectivity index (χ3n) is 3.80. The first-order valence-corrected chi connectivity index (χ1v) is 6.81. The van der Waals surface area contributed by atoms with E-state index in [0.717, 1.165) is 31.7 Å². The third kappa shape index (κ3) is 2.41. The van der Waals surface area contributed by atoms with Gasteiger partial charge in [-0.1, -0.05) is 0 Å². The van der Waals surface area contributed by atoms with E-state index in [0.29, 0.717) is 17.2 Å². The summed E-state index contributed by atoms with van der Waals surface area (Å²) in [6.07, 6.45) is 0. The van der Waals surface area contributed by atoms with Crippen LogP contribution in [0.15, 0.2) is 12.1 Å². The molecule has 0 spiro atoms. The van der Waals surface area contributed by atoms with E-state index in [2.05, 4.69) is 10.2 Å². The fraction of sp³-hybridized carbons (Fsp3) is 0.571. The zero-order valence-corrected chi connectivity index (χ0v) is 11.5. The Morgan fingerprint density at radius 3 is 2.85 bits per heavy atom. The minimum absolute atomic E-state index is 0.184. The normalized spacial score (nSPS) is 19.9. The summed E-state index contributed by atoms with van der Waals surface area (Å²) in [6.45, 7) is 3.21. The van der Waals surface area contributed by atoms with Crippen LogP contribution in [0.3, 0.4) is 0 Å². The zero-order valence-electron chi connectivity index (χ0n) is 11.5. The highest BCUT2D eigenvalue weighted by atomic mass is 19.1. The average molecular weight is 282 g/mol. The van der Waals surface area contributed by atoms with Crippen LogP contribution < -0.4 is 19.5 Å². The van der Waals surface area contributed by atoms with Gasteiger partial charge in [-0.25, -0.2) is 4.39 Å². The topological polar surface area (TPSA) is 43.0 Å². The first kappa shape index (κ1) is 13.5. The van der Waals surface area contributed by atoms with Crippen LogP contribution in [0, 0.1) is 0 Å². The Balaban J connectivity index is 1.91. The number of hydrogen-bond donors (Lipinski definition) is 1. The Hall–Kier alpha value is -1.53. The van der Waals surface area contributed by atoms with E-state index in [1.165, 1.54) is 0 Å². The van der Waals surface area contributed by atoms with E-state index >= 15 is 0 Å². The molecular formula is C14H19FN2O3. The minimum Gasteiger partial charge on any atom is -0.493 e. The maximum absolute atomic E-state index is 13.5. The standard InChI is InChI=1S/C14H19FN2O3/c1-18-12-6-10(7-13-14(12)20-9-19-13)11(8-15)17-4-2-16-3-5-17/h6-7,11,16H,2-5,8-9H2,1H3/t11-/m0/s1. The number of ether oxygens (including phenoxy) is 3. The molecule has 0 aromatic heterocycles. The Labute approximate surface area is 117 Å². The number of nitrogens with zero attached hydrogens (tertiary/aromatic N) is 1. The summed E-state index contributed by atoms with van der Waals surface area (Å²) in [4.78, 5) is 2.15. The lowest BCUT2D eigenvalue weighted by atomic mass is 10.0. The van der Waals surface area contributed by atoms with Gasteiger partial charge in [-0.3, -0.25) is 4.90 Å². The Morgan fingerprint density at radius 1 is 1.35 bits per heavy atom. The predicted octanol–water partition coefficient (Wildman–Crippen LogP) is 1.34. The molecule has 0 saturated carbocycles. The predicted molar refractivity (Wildman–Crippen MR) is 72.3 cm³/mol. The van der Waals surface area contributed by atoms with Gasteiger partial charge in [0.25, 0.3) is 0 Å². The van der Waals surface area contributed by atoms with Gasteiger partial charge >= 0.3 is 0 Å². The fourth-order valence-corrected chi connectivity index (χ4v) is 2.73. The highest BCUT2D eigenvalue weighted by Crippen LogP contribution is 2.43. The number of nitrogens with one attached hydrogen (secondary N) is 1. The van der Waals surface area contributed by atoms with E-state index in [-0.39, 0.29) is 12.8 Å². The van der Waals surface area contributed by atoms with Crippen LogP contribution in [0.5, 0.6) is 17.2 Å². The fourth-order valence-electron chi connectivity index (χ4n) is 2.73. The van der Waals surface area contributed by atoms with Crippen molar-refractivity contribution < 1.29 is 18.6 Å². The van der Waals surface area contributed by atoms with Crippen LogP contribution >= 0.6 is 0 Å². The molecule has 110 valence electrons. The summed E-state index contributed by atoms with van der Waals surface area (Å²) in [6, 6.07) is 3.44. The summed E-state index contributed by atoms with van der Waals surface area (Å²) in [5.41, 5.74) is 0.871. The van der Waals surface area contributed by atoms with E-state index < -0.39 is 6.67 Å². The van der Waals surface area contributed by atoms with Gasteiger partial charge in [-0.2, -0.15) is 0 Å². The lowest BCUT2D eigenvalue weighted by molar-refractivity contribution is 0.147. The SMILES string of the molecule is COc1cc([C@H](CF)N2CCNCC2)cc2c1OCO2. The molecule has 1 atom stereocenters. The van der Waals surface area contributed by atoms with Gasteiger partial charge in [0.05, 0.1) is 13.2 Å².